The van der Waals surface area contributed by atoms with Gasteiger partial charge < -0.3 is 27.8 Å². The molecule has 0 spiro atoms. The molecule has 25 heavy (non-hydrogen) atoms. The molecule has 1 fully saturated rings. The van der Waals surface area contributed by atoms with E-state index < -0.39 is 11.6 Å². The van der Waals surface area contributed by atoms with E-state index in [1.807, 2.05) is 4.90 Å². The Hall–Kier alpha value is -2.42. The monoisotopic (exact) mass is 361 g/mol. The van der Waals surface area contributed by atoms with Gasteiger partial charge in [0.05, 0.1) is 11.2 Å². The van der Waals surface area contributed by atoms with Crippen molar-refractivity contribution in [3.05, 3.63) is 35.0 Å². The zero-order chi connectivity index (χ0) is 18.2. The number of piperidine rings is 1. The summed E-state index contributed by atoms with van der Waals surface area (Å²) >= 11 is 6.03. The molecule has 0 bridgehead atoms. The molecule has 0 saturated carbocycles. The van der Waals surface area contributed by atoms with Crippen LogP contribution in [0.5, 0.6) is 0 Å². The Morgan fingerprint density at radius 3 is 2.48 bits per heavy atom. The standard InChI is InChI=1S/C16H20ClN7O/c17-10-3-1-2-9(8-10)11-12(14(19)25)22-15(23-13(11)18)24-6-4-16(20,21)5-7-24/h1-3,8H,4-7,20-21H2,(H2,19,25)(H2,18,22,23). The average molecular weight is 362 g/mol. The number of carbonyl (C=O) groups excluding carboxylic acids is 1. The molecule has 0 atom stereocenters. The lowest BCUT2D eigenvalue weighted by Crippen LogP contribution is -2.57. The zero-order valence-corrected chi connectivity index (χ0v) is 14.3. The van der Waals surface area contributed by atoms with Crippen LogP contribution in [0.1, 0.15) is 23.3 Å². The molecule has 9 heteroatoms. The third kappa shape index (κ3) is 3.65. The number of nitrogen functional groups attached to an aromatic ring is 1. The van der Waals surface area contributed by atoms with Crippen molar-refractivity contribution in [2.45, 2.75) is 18.5 Å². The molecule has 1 aromatic heterocycles. The van der Waals surface area contributed by atoms with E-state index in [1.165, 1.54) is 0 Å². The number of rotatable bonds is 3. The van der Waals surface area contributed by atoms with E-state index >= 15 is 0 Å². The normalized spacial score (nSPS) is 16.7. The van der Waals surface area contributed by atoms with Gasteiger partial charge in [0.1, 0.15) is 11.5 Å². The first-order valence-corrected chi connectivity index (χ1v) is 8.20. The molecule has 1 aliphatic rings. The van der Waals surface area contributed by atoms with Gasteiger partial charge in [-0.05, 0) is 30.5 Å². The summed E-state index contributed by atoms with van der Waals surface area (Å²) in [6.45, 7) is 1.14. The van der Waals surface area contributed by atoms with Crippen LogP contribution in [-0.4, -0.2) is 34.6 Å². The molecule has 1 aromatic carbocycles. The van der Waals surface area contributed by atoms with Crippen molar-refractivity contribution in [2.24, 2.45) is 17.2 Å². The van der Waals surface area contributed by atoms with E-state index in [1.54, 1.807) is 24.3 Å². The van der Waals surface area contributed by atoms with Crippen LogP contribution in [0.3, 0.4) is 0 Å². The van der Waals surface area contributed by atoms with Gasteiger partial charge in [-0.3, -0.25) is 4.79 Å². The van der Waals surface area contributed by atoms with Crippen LogP contribution in [0.2, 0.25) is 5.02 Å². The number of hydrogen-bond donors (Lipinski definition) is 4. The van der Waals surface area contributed by atoms with Crippen LogP contribution in [0.25, 0.3) is 11.1 Å². The Morgan fingerprint density at radius 1 is 1.20 bits per heavy atom. The summed E-state index contributed by atoms with van der Waals surface area (Å²) in [6.07, 6.45) is 1.16. The smallest absolute Gasteiger partial charge is 0.268 e. The van der Waals surface area contributed by atoms with Gasteiger partial charge >= 0.3 is 0 Å². The minimum absolute atomic E-state index is 0.0575. The topological polar surface area (TPSA) is 150 Å². The second kappa shape index (κ2) is 6.47. The van der Waals surface area contributed by atoms with Gasteiger partial charge in [-0.2, -0.15) is 4.98 Å². The molecule has 132 valence electrons. The maximum atomic E-state index is 12.0. The number of nitrogens with zero attached hydrogens (tertiary/aromatic N) is 3. The third-order valence-electron chi connectivity index (χ3n) is 4.25. The van der Waals surface area contributed by atoms with E-state index in [-0.39, 0.29) is 11.5 Å². The van der Waals surface area contributed by atoms with Crippen LogP contribution in [-0.2, 0) is 0 Å². The summed E-state index contributed by atoms with van der Waals surface area (Å²) in [6, 6.07) is 6.93. The molecule has 2 aromatic rings. The lowest BCUT2D eigenvalue weighted by atomic mass is 9.99. The SMILES string of the molecule is NC(=O)c1nc(N2CCC(N)(N)CC2)nc(N)c1-c1cccc(Cl)c1. The highest BCUT2D eigenvalue weighted by atomic mass is 35.5. The molecule has 2 heterocycles. The minimum Gasteiger partial charge on any atom is -0.383 e. The number of primary amides is 1. The number of benzene rings is 1. The predicted octanol–water partition coefficient (Wildman–Crippen LogP) is 0.692. The number of anilines is 2. The Kier molecular flexibility index (Phi) is 4.51. The molecule has 0 aliphatic carbocycles. The number of hydrogen-bond acceptors (Lipinski definition) is 7. The largest absolute Gasteiger partial charge is 0.383 e. The van der Waals surface area contributed by atoms with Crippen LogP contribution >= 0.6 is 11.6 Å². The molecule has 1 aliphatic heterocycles. The van der Waals surface area contributed by atoms with Crippen molar-refractivity contribution in [1.82, 2.24) is 9.97 Å². The van der Waals surface area contributed by atoms with Gasteiger partial charge in [-0.1, -0.05) is 23.7 Å². The fourth-order valence-corrected chi connectivity index (χ4v) is 3.03. The summed E-state index contributed by atoms with van der Waals surface area (Å²) in [5, 5.41) is 0.509. The summed E-state index contributed by atoms with van der Waals surface area (Å²) in [7, 11) is 0. The first kappa shape index (κ1) is 17.4. The van der Waals surface area contributed by atoms with Gasteiger partial charge in [0, 0.05) is 18.1 Å². The summed E-state index contributed by atoms with van der Waals surface area (Å²) in [5.41, 5.74) is 23.9. The van der Waals surface area contributed by atoms with E-state index in [4.69, 9.17) is 34.5 Å². The predicted molar refractivity (Wildman–Crippen MR) is 98.0 cm³/mol. The molecule has 3 rings (SSSR count). The lowest BCUT2D eigenvalue weighted by Gasteiger charge is -2.36. The second-order valence-corrected chi connectivity index (χ2v) is 6.66. The number of halogens is 1. The summed E-state index contributed by atoms with van der Waals surface area (Å²) < 4.78 is 0. The highest BCUT2D eigenvalue weighted by molar-refractivity contribution is 6.30. The molecule has 0 radical (unpaired) electrons. The quantitative estimate of drug-likeness (QED) is 0.587. The van der Waals surface area contributed by atoms with Crippen LogP contribution < -0.4 is 27.8 Å². The molecular weight excluding hydrogens is 342 g/mol. The van der Waals surface area contributed by atoms with Crippen molar-refractivity contribution in [1.29, 1.82) is 0 Å². The minimum atomic E-state index is -0.699. The van der Waals surface area contributed by atoms with E-state index in [0.717, 1.165) is 0 Å². The maximum absolute atomic E-state index is 12.0. The molecule has 8 N–H and O–H groups in total. The van der Waals surface area contributed by atoms with Gasteiger partial charge in [0.15, 0.2) is 0 Å². The second-order valence-electron chi connectivity index (χ2n) is 6.23. The fourth-order valence-electron chi connectivity index (χ4n) is 2.84. The van der Waals surface area contributed by atoms with Crippen LogP contribution in [0.4, 0.5) is 11.8 Å². The Morgan fingerprint density at radius 2 is 1.88 bits per heavy atom. The van der Waals surface area contributed by atoms with Gasteiger partial charge in [-0.25, -0.2) is 4.98 Å². The Bertz CT molecular complexity index is 814. The van der Waals surface area contributed by atoms with Crippen molar-refractivity contribution in [3.63, 3.8) is 0 Å². The van der Waals surface area contributed by atoms with Crippen molar-refractivity contribution < 1.29 is 4.79 Å². The fraction of sp³-hybridized carbons (Fsp3) is 0.312. The molecule has 0 unspecified atom stereocenters. The van der Waals surface area contributed by atoms with Crippen LogP contribution in [0, 0.1) is 0 Å². The van der Waals surface area contributed by atoms with E-state index in [9.17, 15) is 4.79 Å². The zero-order valence-electron chi connectivity index (χ0n) is 13.6. The molecular formula is C16H20ClN7O. The van der Waals surface area contributed by atoms with E-state index in [0.29, 0.717) is 48.0 Å². The summed E-state index contributed by atoms with van der Waals surface area (Å²) in [5.74, 6) is -0.180. The number of nitrogens with two attached hydrogens (primary N) is 4. The molecule has 8 nitrogen and oxygen atoms in total. The lowest BCUT2D eigenvalue weighted by molar-refractivity contribution is 0.0996. The van der Waals surface area contributed by atoms with E-state index in [2.05, 4.69) is 9.97 Å². The third-order valence-corrected chi connectivity index (χ3v) is 4.48. The Balaban J connectivity index is 2.03. The van der Waals surface area contributed by atoms with Gasteiger partial charge in [0.2, 0.25) is 5.95 Å². The van der Waals surface area contributed by atoms with Crippen molar-refractivity contribution in [3.8, 4) is 11.1 Å². The van der Waals surface area contributed by atoms with Gasteiger partial charge in [0.25, 0.3) is 5.91 Å². The maximum Gasteiger partial charge on any atom is 0.268 e. The highest BCUT2D eigenvalue weighted by Crippen LogP contribution is 2.31. The summed E-state index contributed by atoms with van der Waals surface area (Å²) in [4.78, 5) is 22.5. The van der Waals surface area contributed by atoms with Crippen LogP contribution in [0.15, 0.2) is 24.3 Å². The highest BCUT2D eigenvalue weighted by Gasteiger charge is 2.29. The Labute approximate surface area is 150 Å². The van der Waals surface area contributed by atoms with Crippen molar-refractivity contribution >= 4 is 29.3 Å². The number of aromatic nitrogens is 2. The van der Waals surface area contributed by atoms with Gasteiger partial charge in [-0.15, -0.1) is 0 Å². The molecule has 1 saturated heterocycles. The average Bonchev–Trinajstić information content (AvgIpc) is 2.54. The number of carbonyl (C=O) groups is 1. The first-order valence-electron chi connectivity index (χ1n) is 7.83. The first-order chi connectivity index (χ1) is 11.8. The number of amides is 1. The van der Waals surface area contributed by atoms with Crippen molar-refractivity contribution in [2.75, 3.05) is 23.7 Å². The molecule has 1 amide bonds.